The third-order valence-corrected chi connectivity index (χ3v) is 6.18. The molecule has 1 aromatic carbocycles. The maximum Gasteiger partial charge on any atom is 0.175 e. The zero-order valence-electron chi connectivity index (χ0n) is 11.6. The number of nitrogens with zero attached hydrogens (tertiary/aromatic N) is 1. The van der Waals surface area contributed by atoms with Crippen LogP contribution in [-0.2, 0) is 14.6 Å². The second kappa shape index (κ2) is 5.19. The second-order valence-electron chi connectivity index (χ2n) is 5.18. The van der Waals surface area contributed by atoms with Crippen LogP contribution in [-0.4, -0.2) is 19.8 Å². The van der Waals surface area contributed by atoms with Gasteiger partial charge < -0.3 is 10.3 Å². The van der Waals surface area contributed by atoms with Crippen molar-refractivity contribution >= 4 is 38.9 Å². The quantitative estimate of drug-likeness (QED) is 0.916. The molecule has 0 fully saturated rings. The van der Waals surface area contributed by atoms with Crippen molar-refractivity contribution in [2.24, 2.45) is 0 Å². The second-order valence-corrected chi connectivity index (χ2v) is 8.56. The molecule has 0 radical (unpaired) electrons. The molecule has 0 spiro atoms. The lowest BCUT2D eigenvalue weighted by atomic mass is 9.99. The topological polar surface area (TPSA) is 86.2 Å². The van der Waals surface area contributed by atoms with Gasteiger partial charge in [-0.05, 0) is 31.5 Å². The van der Waals surface area contributed by atoms with E-state index in [0.717, 1.165) is 6.26 Å². The SMILES string of the molecule is CC(C)(c1onc(N)c1-c1ccc(Cl)c(Cl)c1)S(C)(=O)=O. The molecule has 21 heavy (non-hydrogen) atoms. The number of halogens is 2. The van der Waals surface area contributed by atoms with E-state index in [1.165, 1.54) is 13.8 Å². The molecule has 0 bridgehead atoms. The van der Waals surface area contributed by atoms with Gasteiger partial charge in [-0.25, -0.2) is 8.42 Å². The summed E-state index contributed by atoms with van der Waals surface area (Å²) in [5, 5.41) is 4.41. The smallest absolute Gasteiger partial charge is 0.175 e. The number of nitrogens with two attached hydrogens (primary N) is 1. The molecule has 2 N–H and O–H groups in total. The van der Waals surface area contributed by atoms with E-state index < -0.39 is 14.6 Å². The number of nitrogen functional groups attached to an aromatic ring is 1. The lowest BCUT2D eigenvalue weighted by Crippen LogP contribution is -2.28. The van der Waals surface area contributed by atoms with Crippen LogP contribution in [0.4, 0.5) is 5.82 Å². The molecule has 0 aliphatic rings. The van der Waals surface area contributed by atoms with Crippen molar-refractivity contribution in [3.8, 4) is 11.1 Å². The normalized spacial score (nSPS) is 12.6. The van der Waals surface area contributed by atoms with Gasteiger partial charge in [0.25, 0.3) is 0 Å². The monoisotopic (exact) mass is 348 g/mol. The van der Waals surface area contributed by atoms with Crippen LogP contribution < -0.4 is 5.73 Å². The molecule has 2 rings (SSSR count). The van der Waals surface area contributed by atoms with E-state index in [4.69, 9.17) is 33.5 Å². The Morgan fingerprint density at radius 3 is 2.38 bits per heavy atom. The van der Waals surface area contributed by atoms with Crippen LogP contribution in [0.2, 0.25) is 10.0 Å². The first-order valence-electron chi connectivity index (χ1n) is 5.96. The largest absolute Gasteiger partial charge is 0.380 e. The molecule has 0 saturated carbocycles. The van der Waals surface area contributed by atoms with Crippen molar-refractivity contribution < 1.29 is 12.9 Å². The summed E-state index contributed by atoms with van der Waals surface area (Å²) in [5.74, 6) is 0.265. The average Bonchev–Trinajstić information content (AvgIpc) is 2.74. The van der Waals surface area contributed by atoms with Crippen molar-refractivity contribution in [3.63, 3.8) is 0 Å². The van der Waals surface area contributed by atoms with E-state index in [1.54, 1.807) is 18.2 Å². The van der Waals surface area contributed by atoms with Gasteiger partial charge in [0.2, 0.25) is 0 Å². The highest BCUT2D eigenvalue weighted by Crippen LogP contribution is 2.41. The summed E-state index contributed by atoms with van der Waals surface area (Å²) in [5.41, 5.74) is 6.82. The standard InChI is InChI=1S/C13H14Cl2N2O3S/c1-13(2,21(3,18)19)11-10(12(16)17-20-11)7-4-5-8(14)9(15)6-7/h4-6H,1-3H3,(H2,16,17). The number of aromatic nitrogens is 1. The Kier molecular flexibility index (Phi) is 3.99. The van der Waals surface area contributed by atoms with E-state index in [9.17, 15) is 8.42 Å². The van der Waals surface area contributed by atoms with E-state index in [0.29, 0.717) is 21.2 Å². The van der Waals surface area contributed by atoms with Gasteiger partial charge in [0.05, 0.1) is 15.6 Å². The first-order chi connectivity index (χ1) is 9.55. The van der Waals surface area contributed by atoms with Gasteiger partial charge in [0.15, 0.2) is 21.4 Å². The molecule has 1 aromatic heterocycles. The molecule has 0 unspecified atom stereocenters. The van der Waals surface area contributed by atoms with Crippen LogP contribution in [0.15, 0.2) is 22.7 Å². The molecule has 2 aromatic rings. The maximum absolute atomic E-state index is 12.0. The molecule has 0 amide bonds. The summed E-state index contributed by atoms with van der Waals surface area (Å²) >= 11 is 11.9. The number of hydrogen-bond acceptors (Lipinski definition) is 5. The Balaban J connectivity index is 2.72. The number of sulfone groups is 1. The Bertz CT molecular complexity index is 798. The first-order valence-corrected chi connectivity index (χ1v) is 8.61. The summed E-state index contributed by atoms with van der Waals surface area (Å²) in [4.78, 5) is 0. The maximum atomic E-state index is 12.0. The Labute approximate surface area is 132 Å². The lowest BCUT2D eigenvalue weighted by molar-refractivity contribution is 0.357. The van der Waals surface area contributed by atoms with E-state index in [2.05, 4.69) is 5.16 Å². The van der Waals surface area contributed by atoms with Crippen molar-refractivity contribution in [2.75, 3.05) is 12.0 Å². The zero-order chi connectivity index (χ0) is 16.0. The Morgan fingerprint density at radius 1 is 1.24 bits per heavy atom. The minimum absolute atomic E-state index is 0.0973. The van der Waals surface area contributed by atoms with Gasteiger partial charge in [-0.3, -0.25) is 0 Å². The van der Waals surface area contributed by atoms with Crippen molar-refractivity contribution in [1.29, 1.82) is 0 Å². The molecule has 0 aliphatic heterocycles. The number of hydrogen-bond donors (Lipinski definition) is 1. The molecule has 8 heteroatoms. The number of rotatable bonds is 3. The van der Waals surface area contributed by atoms with Crippen molar-refractivity contribution in [1.82, 2.24) is 5.16 Å². The predicted molar refractivity (Wildman–Crippen MR) is 84.2 cm³/mol. The van der Waals surface area contributed by atoms with E-state index in [-0.39, 0.29) is 11.6 Å². The van der Waals surface area contributed by atoms with Crippen molar-refractivity contribution in [3.05, 3.63) is 34.0 Å². The van der Waals surface area contributed by atoms with Crippen LogP contribution in [0, 0.1) is 0 Å². The molecule has 114 valence electrons. The van der Waals surface area contributed by atoms with Crippen LogP contribution >= 0.6 is 23.2 Å². The Hall–Kier alpha value is -1.24. The third kappa shape index (κ3) is 2.75. The third-order valence-electron chi connectivity index (χ3n) is 3.40. The molecule has 0 saturated heterocycles. The van der Waals surface area contributed by atoms with Crippen LogP contribution in [0.3, 0.4) is 0 Å². The van der Waals surface area contributed by atoms with Crippen LogP contribution in [0.25, 0.3) is 11.1 Å². The minimum Gasteiger partial charge on any atom is -0.380 e. The lowest BCUT2D eigenvalue weighted by Gasteiger charge is -2.20. The Morgan fingerprint density at radius 2 is 1.86 bits per heavy atom. The fraction of sp³-hybridized carbons (Fsp3) is 0.308. The minimum atomic E-state index is -3.44. The average molecular weight is 349 g/mol. The molecule has 5 nitrogen and oxygen atoms in total. The van der Waals surface area contributed by atoms with Crippen LogP contribution in [0.1, 0.15) is 19.6 Å². The molecule has 0 aliphatic carbocycles. The van der Waals surface area contributed by atoms with Gasteiger partial charge >= 0.3 is 0 Å². The van der Waals surface area contributed by atoms with Gasteiger partial charge in [-0.1, -0.05) is 34.4 Å². The van der Waals surface area contributed by atoms with E-state index in [1.807, 2.05) is 0 Å². The van der Waals surface area contributed by atoms with Crippen LogP contribution in [0.5, 0.6) is 0 Å². The highest BCUT2D eigenvalue weighted by Gasteiger charge is 2.39. The summed E-state index contributed by atoms with van der Waals surface area (Å²) in [6.45, 7) is 3.06. The highest BCUT2D eigenvalue weighted by atomic mass is 35.5. The van der Waals surface area contributed by atoms with E-state index >= 15 is 0 Å². The van der Waals surface area contributed by atoms with Crippen molar-refractivity contribution in [2.45, 2.75) is 18.6 Å². The van der Waals surface area contributed by atoms with Gasteiger partial charge in [0, 0.05) is 6.26 Å². The molecular formula is C13H14Cl2N2O3S. The van der Waals surface area contributed by atoms with Gasteiger partial charge in [-0.2, -0.15) is 0 Å². The number of anilines is 1. The molecular weight excluding hydrogens is 335 g/mol. The predicted octanol–water partition coefficient (Wildman–Crippen LogP) is 3.51. The molecule has 1 heterocycles. The summed E-state index contributed by atoms with van der Waals surface area (Å²) in [6, 6.07) is 4.87. The van der Waals surface area contributed by atoms with Gasteiger partial charge in [0.1, 0.15) is 4.75 Å². The fourth-order valence-corrected chi connectivity index (χ4v) is 2.59. The first kappa shape index (κ1) is 16.1. The molecule has 0 atom stereocenters. The number of benzene rings is 1. The van der Waals surface area contributed by atoms with Gasteiger partial charge in [-0.15, -0.1) is 0 Å². The highest BCUT2D eigenvalue weighted by molar-refractivity contribution is 7.91. The summed E-state index contributed by atoms with van der Waals surface area (Å²) in [7, 11) is -3.44. The fourth-order valence-electron chi connectivity index (χ4n) is 1.81. The summed E-state index contributed by atoms with van der Waals surface area (Å²) < 4.78 is 27.9. The zero-order valence-corrected chi connectivity index (χ0v) is 14.0. The summed E-state index contributed by atoms with van der Waals surface area (Å²) in [6.07, 6.45) is 1.13.